The minimum Gasteiger partial charge on any atom is -0.411 e. The van der Waals surface area contributed by atoms with Crippen LogP contribution in [0.25, 0.3) is 0 Å². The van der Waals surface area contributed by atoms with Crippen LogP contribution in [0.5, 0.6) is 0 Å². The lowest BCUT2D eigenvalue weighted by atomic mass is 10.1. The highest BCUT2D eigenvalue weighted by molar-refractivity contribution is 6.27. The van der Waals surface area contributed by atoms with Gasteiger partial charge in [0.2, 0.25) is 0 Å². The van der Waals surface area contributed by atoms with Crippen molar-refractivity contribution in [3.8, 4) is 0 Å². The highest BCUT2D eigenvalue weighted by Gasteiger charge is 2.00. The summed E-state index contributed by atoms with van der Waals surface area (Å²) in [4.78, 5) is 10.5. The number of hydrogen-bond donors (Lipinski definition) is 1. The Kier molecular flexibility index (Phi) is 3.67. The highest BCUT2D eigenvalue weighted by atomic mass is 16.4. The Morgan fingerprint density at radius 2 is 2.33 bits per heavy atom. The molecule has 0 aromatic rings. The van der Waals surface area contributed by atoms with Crippen LogP contribution < -0.4 is 0 Å². The number of ketones is 1. The quantitative estimate of drug-likeness (QED) is 0.352. The molecule has 0 aromatic heterocycles. The van der Waals surface area contributed by atoms with Crippen molar-refractivity contribution >= 4 is 12.0 Å². The maximum absolute atomic E-state index is 10.5. The van der Waals surface area contributed by atoms with Gasteiger partial charge in [0, 0.05) is 6.42 Å². The molecule has 3 nitrogen and oxygen atoms in total. The van der Waals surface area contributed by atoms with Crippen LogP contribution in [0.2, 0.25) is 0 Å². The second-order valence-corrected chi connectivity index (χ2v) is 2.31. The minimum absolute atomic E-state index is 0.132. The van der Waals surface area contributed by atoms with Gasteiger partial charge in [0.15, 0.2) is 5.78 Å². The summed E-state index contributed by atoms with van der Waals surface area (Å²) < 4.78 is 0. The summed E-state index contributed by atoms with van der Waals surface area (Å²) in [6.07, 6.45) is 1.38. The standard InChI is InChI=1S/C6H11NO2/c1-5(2)3-6(8)4-7-9/h4-5,9H,3H2,1-2H3. The molecule has 0 bridgehead atoms. The molecule has 0 aliphatic rings. The molecule has 1 N–H and O–H groups in total. The Morgan fingerprint density at radius 1 is 1.78 bits per heavy atom. The first-order valence-corrected chi connectivity index (χ1v) is 2.87. The van der Waals surface area contributed by atoms with E-state index in [9.17, 15) is 4.79 Å². The Morgan fingerprint density at radius 3 is 2.67 bits per heavy atom. The number of rotatable bonds is 3. The summed E-state index contributed by atoms with van der Waals surface area (Å²) in [5, 5.41) is 10.5. The van der Waals surface area contributed by atoms with E-state index in [1.165, 1.54) is 0 Å². The molecular formula is C6H11NO2. The van der Waals surface area contributed by atoms with Crippen molar-refractivity contribution < 1.29 is 10.0 Å². The minimum atomic E-state index is -0.132. The number of Topliss-reactive ketones (excluding diaryl/α,β-unsaturated/α-hetero) is 1. The van der Waals surface area contributed by atoms with Gasteiger partial charge in [-0.25, -0.2) is 0 Å². The molecule has 0 rings (SSSR count). The van der Waals surface area contributed by atoms with E-state index in [2.05, 4.69) is 5.16 Å². The van der Waals surface area contributed by atoms with E-state index in [-0.39, 0.29) is 5.78 Å². The third kappa shape index (κ3) is 5.00. The van der Waals surface area contributed by atoms with E-state index >= 15 is 0 Å². The van der Waals surface area contributed by atoms with Gasteiger partial charge in [0.25, 0.3) is 0 Å². The molecule has 0 aliphatic heterocycles. The summed E-state index contributed by atoms with van der Waals surface area (Å²) in [6.45, 7) is 3.87. The molecule has 52 valence electrons. The number of carbonyl (C=O) groups is 1. The second kappa shape index (κ2) is 4.06. The molecule has 3 heteroatoms. The van der Waals surface area contributed by atoms with Crippen LogP contribution in [-0.2, 0) is 4.79 Å². The van der Waals surface area contributed by atoms with Crippen molar-refractivity contribution in [1.29, 1.82) is 0 Å². The van der Waals surface area contributed by atoms with Crippen LogP contribution in [-0.4, -0.2) is 17.2 Å². The normalized spacial score (nSPS) is 11.0. The van der Waals surface area contributed by atoms with Crippen LogP contribution in [0, 0.1) is 5.92 Å². The zero-order valence-electron chi connectivity index (χ0n) is 5.66. The van der Waals surface area contributed by atoms with E-state index in [0.29, 0.717) is 12.3 Å². The lowest BCUT2D eigenvalue weighted by molar-refractivity contribution is -0.113. The molecule has 0 amide bonds. The van der Waals surface area contributed by atoms with Crippen molar-refractivity contribution in [2.45, 2.75) is 20.3 Å². The molecule has 0 saturated heterocycles. The summed E-state index contributed by atoms with van der Waals surface area (Å²) in [6, 6.07) is 0. The van der Waals surface area contributed by atoms with Crippen LogP contribution >= 0.6 is 0 Å². The average Bonchev–Trinajstić information content (AvgIpc) is 1.63. The molecule has 0 fully saturated rings. The fourth-order valence-electron chi connectivity index (χ4n) is 0.519. The molecule has 0 atom stereocenters. The average molecular weight is 129 g/mol. The first-order valence-electron chi connectivity index (χ1n) is 2.87. The van der Waals surface area contributed by atoms with Gasteiger partial charge in [0.1, 0.15) is 6.21 Å². The summed E-state index contributed by atoms with van der Waals surface area (Å²) in [5.41, 5.74) is 0. The van der Waals surface area contributed by atoms with E-state index < -0.39 is 0 Å². The fourth-order valence-corrected chi connectivity index (χ4v) is 0.519. The predicted molar refractivity (Wildman–Crippen MR) is 34.7 cm³/mol. The Bertz CT molecular complexity index is 118. The summed E-state index contributed by atoms with van der Waals surface area (Å²) in [5.74, 6) is 0.197. The topological polar surface area (TPSA) is 49.7 Å². The van der Waals surface area contributed by atoms with Gasteiger partial charge in [0.05, 0.1) is 0 Å². The molecule has 9 heavy (non-hydrogen) atoms. The second-order valence-electron chi connectivity index (χ2n) is 2.31. The van der Waals surface area contributed by atoms with Crippen molar-refractivity contribution in [2.75, 3.05) is 0 Å². The van der Waals surface area contributed by atoms with Gasteiger partial charge in [-0.1, -0.05) is 19.0 Å². The molecule has 0 radical (unpaired) electrons. The highest BCUT2D eigenvalue weighted by Crippen LogP contribution is 1.97. The van der Waals surface area contributed by atoms with E-state index in [1.54, 1.807) is 0 Å². The van der Waals surface area contributed by atoms with Crippen molar-refractivity contribution in [2.24, 2.45) is 11.1 Å². The van der Waals surface area contributed by atoms with E-state index in [0.717, 1.165) is 6.21 Å². The van der Waals surface area contributed by atoms with Crippen LogP contribution in [0.15, 0.2) is 5.16 Å². The van der Waals surface area contributed by atoms with Crippen LogP contribution in [0.1, 0.15) is 20.3 Å². The van der Waals surface area contributed by atoms with Crippen molar-refractivity contribution in [3.05, 3.63) is 0 Å². The maximum atomic E-state index is 10.5. The first kappa shape index (κ1) is 8.14. The lowest BCUT2D eigenvalue weighted by Gasteiger charge is -1.96. The van der Waals surface area contributed by atoms with Crippen LogP contribution in [0.4, 0.5) is 0 Å². The van der Waals surface area contributed by atoms with E-state index in [4.69, 9.17) is 5.21 Å². The fraction of sp³-hybridized carbons (Fsp3) is 0.667. The monoisotopic (exact) mass is 129 g/mol. The molecular weight excluding hydrogens is 118 g/mol. The number of oxime groups is 1. The zero-order chi connectivity index (χ0) is 7.28. The van der Waals surface area contributed by atoms with Gasteiger partial charge in [-0.3, -0.25) is 4.79 Å². The summed E-state index contributed by atoms with van der Waals surface area (Å²) >= 11 is 0. The predicted octanol–water partition coefficient (Wildman–Crippen LogP) is 1.06. The van der Waals surface area contributed by atoms with Gasteiger partial charge in [-0.15, -0.1) is 0 Å². The van der Waals surface area contributed by atoms with Crippen molar-refractivity contribution in [3.63, 3.8) is 0 Å². The van der Waals surface area contributed by atoms with E-state index in [1.807, 2.05) is 13.8 Å². The first-order chi connectivity index (χ1) is 4.16. The third-order valence-electron chi connectivity index (χ3n) is 0.811. The van der Waals surface area contributed by atoms with Crippen molar-refractivity contribution in [1.82, 2.24) is 0 Å². The summed E-state index contributed by atoms with van der Waals surface area (Å²) in [7, 11) is 0. The largest absolute Gasteiger partial charge is 0.411 e. The molecule has 0 heterocycles. The Labute approximate surface area is 54.4 Å². The molecule has 0 spiro atoms. The third-order valence-corrected chi connectivity index (χ3v) is 0.811. The van der Waals surface area contributed by atoms with Gasteiger partial charge < -0.3 is 5.21 Å². The molecule has 0 unspecified atom stereocenters. The number of hydrogen-bond acceptors (Lipinski definition) is 3. The smallest absolute Gasteiger partial charge is 0.177 e. The lowest BCUT2D eigenvalue weighted by Crippen LogP contribution is -2.03. The zero-order valence-corrected chi connectivity index (χ0v) is 5.66. The van der Waals surface area contributed by atoms with Gasteiger partial charge in [-0.2, -0.15) is 0 Å². The maximum Gasteiger partial charge on any atom is 0.177 e. The number of carbonyl (C=O) groups excluding carboxylic acids is 1. The Balaban J connectivity index is 3.51. The van der Waals surface area contributed by atoms with Crippen LogP contribution in [0.3, 0.4) is 0 Å². The van der Waals surface area contributed by atoms with Gasteiger partial charge in [-0.05, 0) is 5.92 Å². The molecule has 0 aromatic carbocycles. The SMILES string of the molecule is CC(C)CC(=O)C=NO. The number of nitrogens with zero attached hydrogens (tertiary/aromatic N) is 1. The molecule has 0 aliphatic carbocycles. The van der Waals surface area contributed by atoms with Gasteiger partial charge >= 0.3 is 0 Å². The molecule has 0 saturated carbocycles. The Hall–Kier alpha value is -0.860.